The minimum atomic E-state index is -2.84. The number of benzene rings is 1. The molecule has 5 heteroatoms. The monoisotopic (exact) mass is 281 g/mol. The van der Waals surface area contributed by atoms with Crippen molar-refractivity contribution in [3.05, 3.63) is 54.1 Å². The Morgan fingerprint density at radius 1 is 1.25 bits per heavy atom. The molecule has 1 amide bonds. The predicted octanol–water partition coefficient (Wildman–Crippen LogP) is 3.60. The van der Waals surface area contributed by atoms with Crippen LogP contribution in [0.15, 0.2) is 48.6 Å². The maximum atomic E-state index is 12.0. The van der Waals surface area contributed by atoms with E-state index in [1.165, 1.54) is 18.2 Å². The number of amides is 1. The van der Waals surface area contributed by atoms with Gasteiger partial charge < -0.3 is 10.1 Å². The van der Waals surface area contributed by atoms with Crippen LogP contribution in [0.2, 0.25) is 0 Å². The molecule has 0 aliphatic carbocycles. The van der Waals surface area contributed by atoms with Crippen LogP contribution in [0, 0.1) is 0 Å². The lowest BCUT2D eigenvalue weighted by Gasteiger charge is -2.13. The van der Waals surface area contributed by atoms with Crippen LogP contribution in [-0.2, 0) is 4.79 Å². The lowest BCUT2D eigenvalue weighted by Crippen LogP contribution is -2.24. The normalized spacial score (nSPS) is 13.1. The molecule has 108 valence electrons. The third-order valence-electron chi connectivity index (χ3n) is 2.52. The molecule has 1 atom stereocenters. The van der Waals surface area contributed by atoms with Crippen molar-refractivity contribution < 1.29 is 18.3 Å². The molecular formula is C15H17F2NO2. The number of rotatable bonds is 6. The smallest absolute Gasteiger partial charge is 0.387 e. The summed E-state index contributed by atoms with van der Waals surface area (Å²) in [6.45, 7) is 0.827. The fraction of sp³-hybridized carbons (Fsp3) is 0.267. The second-order valence-corrected chi connectivity index (χ2v) is 4.06. The molecule has 0 heterocycles. The van der Waals surface area contributed by atoms with Gasteiger partial charge in [-0.25, -0.2) is 0 Å². The summed E-state index contributed by atoms with van der Waals surface area (Å²) in [5.74, 6) is -0.126. The summed E-state index contributed by atoms with van der Waals surface area (Å²) in [6, 6.07) is 5.94. The van der Waals surface area contributed by atoms with Crippen LogP contribution in [0.5, 0.6) is 5.75 Å². The Hall–Kier alpha value is -2.17. The third-order valence-corrected chi connectivity index (χ3v) is 2.52. The van der Waals surface area contributed by atoms with Crippen molar-refractivity contribution in [3.8, 4) is 5.75 Å². The Bertz CT molecular complexity index is 481. The van der Waals surface area contributed by atoms with Crippen molar-refractivity contribution in [1.82, 2.24) is 5.32 Å². The quantitative estimate of drug-likeness (QED) is 0.639. The summed E-state index contributed by atoms with van der Waals surface area (Å²) < 4.78 is 28.3. The SMILES string of the molecule is C/C=C/C=C/C(=O)NC(C)c1ccc(OC(F)F)cc1. The molecule has 1 rings (SSSR count). The second kappa shape index (κ2) is 8.09. The van der Waals surface area contributed by atoms with Crippen molar-refractivity contribution >= 4 is 5.91 Å². The van der Waals surface area contributed by atoms with E-state index in [0.717, 1.165) is 5.56 Å². The Morgan fingerprint density at radius 2 is 1.90 bits per heavy atom. The maximum Gasteiger partial charge on any atom is 0.387 e. The van der Waals surface area contributed by atoms with Crippen LogP contribution in [0.4, 0.5) is 8.78 Å². The summed E-state index contributed by atoms with van der Waals surface area (Å²) in [4.78, 5) is 11.6. The van der Waals surface area contributed by atoms with Crippen molar-refractivity contribution in [3.63, 3.8) is 0 Å². The number of carbonyl (C=O) groups excluding carboxylic acids is 1. The van der Waals surface area contributed by atoms with Gasteiger partial charge >= 0.3 is 6.61 Å². The van der Waals surface area contributed by atoms with E-state index in [-0.39, 0.29) is 17.7 Å². The number of allylic oxidation sites excluding steroid dienone is 3. The number of ether oxygens (including phenoxy) is 1. The summed E-state index contributed by atoms with van der Waals surface area (Å²) in [7, 11) is 0. The molecule has 0 bridgehead atoms. The predicted molar refractivity (Wildman–Crippen MR) is 73.6 cm³/mol. The van der Waals surface area contributed by atoms with Gasteiger partial charge in [0, 0.05) is 6.08 Å². The zero-order valence-electron chi connectivity index (χ0n) is 11.3. The highest BCUT2D eigenvalue weighted by Crippen LogP contribution is 2.19. The van der Waals surface area contributed by atoms with E-state index in [0.29, 0.717) is 0 Å². The summed E-state index contributed by atoms with van der Waals surface area (Å²) >= 11 is 0. The van der Waals surface area contributed by atoms with Gasteiger partial charge in [-0.3, -0.25) is 4.79 Å². The van der Waals surface area contributed by atoms with Crippen LogP contribution in [0.3, 0.4) is 0 Å². The Morgan fingerprint density at radius 3 is 2.45 bits per heavy atom. The van der Waals surface area contributed by atoms with Crippen molar-refractivity contribution in [2.24, 2.45) is 0 Å². The number of hydrogen-bond acceptors (Lipinski definition) is 2. The second-order valence-electron chi connectivity index (χ2n) is 4.06. The number of halogens is 2. The number of nitrogens with one attached hydrogen (secondary N) is 1. The van der Waals surface area contributed by atoms with Gasteiger partial charge in [0.2, 0.25) is 5.91 Å². The first-order valence-corrected chi connectivity index (χ1v) is 6.17. The first kappa shape index (κ1) is 15.9. The molecule has 0 saturated heterocycles. The molecule has 0 saturated carbocycles. The molecule has 0 fully saturated rings. The summed E-state index contributed by atoms with van der Waals surface area (Å²) in [6.07, 6.45) is 6.63. The molecule has 20 heavy (non-hydrogen) atoms. The fourth-order valence-electron chi connectivity index (χ4n) is 1.54. The minimum absolute atomic E-state index is 0.0928. The van der Waals surface area contributed by atoms with Gasteiger partial charge in [-0.1, -0.05) is 30.4 Å². The van der Waals surface area contributed by atoms with Gasteiger partial charge in [0.15, 0.2) is 0 Å². The van der Waals surface area contributed by atoms with Gasteiger partial charge in [-0.05, 0) is 31.5 Å². The molecule has 0 aliphatic rings. The van der Waals surface area contributed by atoms with Gasteiger partial charge in [0.25, 0.3) is 0 Å². The Kier molecular flexibility index (Phi) is 6.43. The zero-order chi connectivity index (χ0) is 15.0. The zero-order valence-corrected chi connectivity index (χ0v) is 11.3. The first-order valence-electron chi connectivity index (χ1n) is 6.17. The minimum Gasteiger partial charge on any atom is -0.435 e. The van der Waals surface area contributed by atoms with E-state index in [1.807, 2.05) is 19.9 Å². The Balaban J connectivity index is 2.59. The first-order chi connectivity index (χ1) is 9.52. The summed E-state index contributed by atoms with van der Waals surface area (Å²) in [5.41, 5.74) is 0.805. The van der Waals surface area contributed by atoms with Crippen LogP contribution in [0.1, 0.15) is 25.5 Å². The van der Waals surface area contributed by atoms with E-state index in [9.17, 15) is 13.6 Å². The molecule has 0 aliphatic heterocycles. The fourth-order valence-corrected chi connectivity index (χ4v) is 1.54. The lowest BCUT2D eigenvalue weighted by atomic mass is 10.1. The maximum absolute atomic E-state index is 12.0. The van der Waals surface area contributed by atoms with E-state index < -0.39 is 6.61 Å². The summed E-state index contributed by atoms with van der Waals surface area (Å²) in [5, 5.41) is 2.77. The van der Waals surface area contributed by atoms with Crippen LogP contribution >= 0.6 is 0 Å². The third kappa shape index (κ3) is 5.65. The van der Waals surface area contributed by atoms with Crippen molar-refractivity contribution in [2.45, 2.75) is 26.5 Å². The van der Waals surface area contributed by atoms with Crippen molar-refractivity contribution in [2.75, 3.05) is 0 Å². The van der Waals surface area contributed by atoms with Crippen molar-refractivity contribution in [1.29, 1.82) is 0 Å². The van der Waals surface area contributed by atoms with Crippen LogP contribution in [-0.4, -0.2) is 12.5 Å². The molecule has 1 aromatic carbocycles. The number of hydrogen-bond donors (Lipinski definition) is 1. The van der Waals surface area contributed by atoms with Crippen LogP contribution in [0.25, 0.3) is 0 Å². The average molecular weight is 281 g/mol. The molecule has 1 N–H and O–H groups in total. The molecule has 1 unspecified atom stereocenters. The largest absolute Gasteiger partial charge is 0.435 e. The molecule has 0 radical (unpaired) electrons. The van der Waals surface area contributed by atoms with E-state index >= 15 is 0 Å². The number of alkyl halides is 2. The van der Waals surface area contributed by atoms with Gasteiger partial charge in [-0.2, -0.15) is 8.78 Å². The van der Waals surface area contributed by atoms with Gasteiger partial charge in [-0.15, -0.1) is 0 Å². The molecule has 3 nitrogen and oxygen atoms in total. The Labute approximate surface area is 116 Å². The highest BCUT2D eigenvalue weighted by Gasteiger charge is 2.09. The highest BCUT2D eigenvalue weighted by atomic mass is 19.3. The van der Waals surface area contributed by atoms with Gasteiger partial charge in [0.05, 0.1) is 6.04 Å². The van der Waals surface area contributed by atoms with E-state index in [1.54, 1.807) is 24.3 Å². The highest BCUT2D eigenvalue weighted by molar-refractivity contribution is 5.88. The lowest BCUT2D eigenvalue weighted by molar-refractivity contribution is -0.117. The molecule has 0 spiro atoms. The molecule has 0 aromatic heterocycles. The molecule has 1 aromatic rings. The van der Waals surface area contributed by atoms with Gasteiger partial charge in [0.1, 0.15) is 5.75 Å². The average Bonchev–Trinajstić information content (AvgIpc) is 2.39. The number of carbonyl (C=O) groups is 1. The topological polar surface area (TPSA) is 38.3 Å². The van der Waals surface area contributed by atoms with E-state index in [2.05, 4.69) is 10.1 Å². The van der Waals surface area contributed by atoms with E-state index in [4.69, 9.17) is 0 Å². The molecular weight excluding hydrogens is 264 g/mol. The van der Waals surface area contributed by atoms with Crippen LogP contribution < -0.4 is 10.1 Å². The standard InChI is InChI=1S/C15H17F2NO2/c1-3-4-5-6-14(19)18-11(2)12-7-9-13(10-8-12)20-15(16)17/h3-11,15H,1-2H3,(H,18,19)/b4-3+,6-5+.